The molecule has 1 aliphatic carbocycles. The highest BCUT2D eigenvalue weighted by molar-refractivity contribution is 5.84. The quantitative estimate of drug-likeness (QED) is 0.732. The number of amides is 1. The van der Waals surface area contributed by atoms with Crippen LogP contribution in [0.15, 0.2) is 0 Å². The van der Waals surface area contributed by atoms with E-state index in [1.54, 1.807) is 0 Å². The second-order valence-corrected chi connectivity index (χ2v) is 5.08. The summed E-state index contributed by atoms with van der Waals surface area (Å²) in [6.07, 6.45) is 5.15. The van der Waals surface area contributed by atoms with Crippen LogP contribution in [0.5, 0.6) is 0 Å². The first-order valence-electron chi connectivity index (χ1n) is 6.82. The van der Waals surface area contributed by atoms with Gasteiger partial charge in [0.25, 0.3) is 0 Å². The van der Waals surface area contributed by atoms with Gasteiger partial charge in [-0.1, -0.05) is 13.8 Å². The zero-order chi connectivity index (χ0) is 12.9. The fourth-order valence-electron chi connectivity index (χ4n) is 3.02. The smallest absolute Gasteiger partial charge is 0.237 e. The molecule has 100 valence electrons. The normalized spacial score (nSPS) is 29.5. The van der Waals surface area contributed by atoms with E-state index >= 15 is 0 Å². The molecular weight excluding hydrogens is 214 g/mol. The second-order valence-electron chi connectivity index (χ2n) is 5.08. The van der Waals surface area contributed by atoms with Crippen LogP contribution in [0, 0.1) is 0 Å². The van der Waals surface area contributed by atoms with Gasteiger partial charge < -0.3 is 16.0 Å². The summed E-state index contributed by atoms with van der Waals surface area (Å²) in [6, 6.07) is 0.494. The summed E-state index contributed by atoms with van der Waals surface area (Å²) in [5.41, 5.74) is 5.09. The number of nitrogens with zero attached hydrogens (tertiary/aromatic N) is 1. The number of hydrogen-bond donors (Lipinski definition) is 2. The van der Waals surface area contributed by atoms with Crippen LogP contribution in [0.1, 0.15) is 46.0 Å². The first kappa shape index (κ1) is 14.5. The minimum atomic E-state index is -0.482. The highest BCUT2D eigenvalue weighted by atomic mass is 16.1. The van der Waals surface area contributed by atoms with Crippen molar-refractivity contribution in [3.05, 3.63) is 0 Å². The van der Waals surface area contributed by atoms with Gasteiger partial charge in [-0.25, -0.2) is 0 Å². The molecule has 1 amide bonds. The van der Waals surface area contributed by atoms with E-state index in [0.29, 0.717) is 6.04 Å². The summed E-state index contributed by atoms with van der Waals surface area (Å²) in [4.78, 5) is 14.1. The Morgan fingerprint density at radius 3 is 2.71 bits per heavy atom. The van der Waals surface area contributed by atoms with Crippen molar-refractivity contribution in [2.24, 2.45) is 5.73 Å². The minimum absolute atomic E-state index is 0.197. The lowest BCUT2D eigenvalue weighted by atomic mass is 9.78. The molecule has 0 aromatic heterocycles. The maximum atomic E-state index is 11.7. The molecule has 0 saturated heterocycles. The van der Waals surface area contributed by atoms with E-state index in [9.17, 15) is 4.79 Å². The summed E-state index contributed by atoms with van der Waals surface area (Å²) >= 11 is 0. The Balaban J connectivity index is 2.73. The molecule has 4 nitrogen and oxygen atoms in total. The maximum Gasteiger partial charge on any atom is 0.237 e. The molecule has 3 N–H and O–H groups in total. The predicted molar refractivity (Wildman–Crippen MR) is 70.8 cm³/mol. The van der Waals surface area contributed by atoms with E-state index in [1.807, 2.05) is 7.05 Å². The molecule has 1 aliphatic rings. The largest absolute Gasteiger partial charge is 0.368 e. The Morgan fingerprint density at radius 1 is 1.53 bits per heavy atom. The van der Waals surface area contributed by atoms with Gasteiger partial charge in [0, 0.05) is 6.04 Å². The molecule has 4 heteroatoms. The van der Waals surface area contributed by atoms with Crippen LogP contribution in [0.3, 0.4) is 0 Å². The summed E-state index contributed by atoms with van der Waals surface area (Å²) < 4.78 is 0. The standard InChI is InChI=1S/C13H27N3O/c1-4-9-16(5-2)11-7-6-8-13(10-11,15-3)12(14)17/h11,15H,4-10H2,1-3H3,(H2,14,17). The predicted octanol–water partition coefficient (Wildman–Crippen LogP) is 1.10. The van der Waals surface area contributed by atoms with Gasteiger partial charge >= 0.3 is 0 Å². The molecule has 0 aliphatic heterocycles. The third-order valence-electron chi connectivity index (χ3n) is 4.11. The first-order chi connectivity index (χ1) is 8.09. The topological polar surface area (TPSA) is 58.4 Å². The molecule has 2 atom stereocenters. The van der Waals surface area contributed by atoms with E-state index in [4.69, 9.17) is 5.73 Å². The van der Waals surface area contributed by atoms with E-state index in [-0.39, 0.29) is 5.91 Å². The Hall–Kier alpha value is -0.610. The molecule has 0 spiro atoms. The minimum Gasteiger partial charge on any atom is -0.368 e. The SMILES string of the molecule is CCCN(CC)C1CCCC(NC)(C(N)=O)C1. The number of hydrogen-bond acceptors (Lipinski definition) is 3. The van der Waals surface area contributed by atoms with Crippen molar-refractivity contribution in [3.63, 3.8) is 0 Å². The van der Waals surface area contributed by atoms with Gasteiger partial charge in [0.1, 0.15) is 0 Å². The van der Waals surface area contributed by atoms with Crippen molar-refractivity contribution in [3.8, 4) is 0 Å². The Morgan fingerprint density at radius 2 is 2.24 bits per heavy atom. The highest BCUT2D eigenvalue weighted by Gasteiger charge is 2.41. The number of rotatable bonds is 6. The van der Waals surface area contributed by atoms with Gasteiger partial charge in [0.2, 0.25) is 5.91 Å². The number of carbonyl (C=O) groups excluding carboxylic acids is 1. The Labute approximate surface area is 105 Å². The summed E-state index contributed by atoms with van der Waals surface area (Å²) in [7, 11) is 1.85. The molecule has 1 saturated carbocycles. The summed E-state index contributed by atoms with van der Waals surface area (Å²) in [5.74, 6) is -0.197. The van der Waals surface area contributed by atoms with E-state index in [2.05, 4.69) is 24.1 Å². The van der Waals surface area contributed by atoms with E-state index in [1.165, 1.54) is 6.42 Å². The van der Waals surface area contributed by atoms with Crippen molar-refractivity contribution in [1.82, 2.24) is 10.2 Å². The molecule has 1 fully saturated rings. The summed E-state index contributed by atoms with van der Waals surface area (Å²) in [5, 5.41) is 3.17. The van der Waals surface area contributed by atoms with Crippen LogP contribution in [0.2, 0.25) is 0 Å². The van der Waals surface area contributed by atoms with E-state index < -0.39 is 5.54 Å². The first-order valence-corrected chi connectivity index (χ1v) is 6.82. The van der Waals surface area contributed by atoms with Crippen LogP contribution < -0.4 is 11.1 Å². The van der Waals surface area contributed by atoms with Gasteiger partial charge in [0.15, 0.2) is 0 Å². The Kier molecular flexibility index (Phi) is 5.40. The lowest BCUT2D eigenvalue weighted by molar-refractivity contribution is -0.126. The number of nitrogens with two attached hydrogens (primary N) is 1. The molecule has 17 heavy (non-hydrogen) atoms. The fourth-order valence-corrected chi connectivity index (χ4v) is 3.02. The van der Waals surface area contributed by atoms with Crippen LogP contribution >= 0.6 is 0 Å². The lowest BCUT2D eigenvalue weighted by Crippen LogP contribution is -2.59. The zero-order valence-electron chi connectivity index (χ0n) is 11.5. The fraction of sp³-hybridized carbons (Fsp3) is 0.923. The third-order valence-corrected chi connectivity index (χ3v) is 4.11. The number of likely N-dealkylation sites (N-methyl/N-ethyl adjacent to an activating group) is 1. The van der Waals surface area contributed by atoms with Gasteiger partial charge in [-0.2, -0.15) is 0 Å². The highest BCUT2D eigenvalue weighted by Crippen LogP contribution is 2.31. The molecular formula is C13H27N3O. The van der Waals surface area contributed by atoms with Crippen LogP contribution in [0.4, 0.5) is 0 Å². The Bertz CT molecular complexity index is 257. The van der Waals surface area contributed by atoms with Crippen LogP contribution in [-0.4, -0.2) is 42.5 Å². The van der Waals surface area contributed by atoms with Gasteiger partial charge in [0.05, 0.1) is 5.54 Å². The monoisotopic (exact) mass is 241 g/mol. The average Bonchev–Trinajstić information content (AvgIpc) is 2.35. The third kappa shape index (κ3) is 3.19. The maximum absolute atomic E-state index is 11.7. The number of primary amides is 1. The molecule has 0 aromatic carbocycles. The molecule has 0 aromatic rings. The molecule has 2 unspecified atom stereocenters. The van der Waals surface area contributed by atoms with Crippen molar-refractivity contribution < 1.29 is 4.79 Å². The van der Waals surface area contributed by atoms with Crippen molar-refractivity contribution in [1.29, 1.82) is 0 Å². The van der Waals surface area contributed by atoms with Crippen molar-refractivity contribution >= 4 is 5.91 Å². The average molecular weight is 241 g/mol. The van der Waals surface area contributed by atoms with E-state index in [0.717, 1.165) is 38.8 Å². The van der Waals surface area contributed by atoms with Crippen LogP contribution in [0.25, 0.3) is 0 Å². The van der Waals surface area contributed by atoms with Crippen molar-refractivity contribution in [2.45, 2.75) is 57.5 Å². The second kappa shape index (κ2) is 6.36. The van der Waals surface area contributed by atoms with Gasteiger partial charge in [-0.3, -0.25) is 4.79 Å². The number of nitrogens with one attached hydrogen (secondary N) is 1. The zero-order valence-corrected chi connectivity index (χ0v) is 11.5. The molecule has 0 heterocycles. The van der Waals surface area contributed by atoms with Crippen molar-refractivity contribution in [2.75, 3.05) is 20.1 Å². The molecule has 0 radical (unpaired) electrons. The molecule has 1 rings (SSSR count). The van der Waals surface area contributed by atoms with Gasteiger partial charge in [-0.15, -0.1) is 0 Å². The van der Waals surface area contributed by atoms with Gasteiger partial charge in [-0.05, 0) is 52.2 Å². The summed E-state index contributed by atoms with van der Waals surface area (Å²) in [6.45, 7) is 6.55. The molecule has 0 bridgehead atoms. The number of carbonyl (C=O) groups is 1. The van der Waals surface area contributed by atoms with Crippen LogP contribution in [-0.2, 0) is 4.79 Å². The lowest BCUT2D eigenvalue weighted by Gasteiger charge is -2.42.